The van der Waals surface area contributed by atoms with Crippen LogP contribution in [-0.2, 0) is 0 Å². The first-order chi connectivity index (χ1) is 9.59. The fraction of sp³-hybridized carbons (Fsp3) is 0.167. The topological polar surface area (TPSA) is 37.3 Å². The highest BCUT2D eigenvalue weighted by atomic mass is 16.3. The molecule has 0 unspecified atom stereocenters. The maximum absolute atomic E-state index is 12.1. The second kappa shape index (κ2) is 6.31. The third-order valence-corrected chi connectivity index (χ3v) is 3.33. The van der Waals surface area contributed by atoms with E-state index in [-0.39, 0.29) is 12.2 Å². The first-order valence-corrected chi connectivity index (χ1v) is 6.60. The summed E-state index contributed by atoms with van der Waals surface area (Å²) in [5.41, 5.74) is 3.39. The summed E-state index contributed by atoms with van der Waals surface area (Å²) in [6.45, 7) is 5.98. The van der Waals surface area contributed by atoms with Gasteiger partial charge in [-0.3, -0.25) is 4.79 Å². The molecule has 0 amide bonds. The molecule has 102 valence electrons. The minimum Gasteiger partial charge on any atom is -0.385 e. The molecule has 0 spiro atoms. The zero-order valence-electron chi connectivity index (χ0n) is 11.5. The van der Waals surface area contributed by atoms with Crippen molar-refractivity contribution in [2.24, 2.45) is 0 Å². The van der Waals surface area contributed by atoms with Crippen LogP contribution in [-0.4, -0.2) is 17.0 Å². The molecule has 0 aliphatic carbocycles. The Morgan fingerprint density at radius 2 is 1.70 bits per heavy atom. The Morgan fingerprint density at radius 3 is 2.35 bits per heavy atom. The lowest BCUT2D eigenvalue weighted by Gasteiger charge is -2.13. The normalized spacial score (nSPS) is 11.9. The Labute approximate surface area is 119 Å². The quantitative estimate of drug-likeness (QED) is 0.839. The van der Waals surface area contributed by atoms with E-state index >= 15 is 0 Å². The highest BCUT2D eigenvalue weighted by Gasteiger charge is 2.18. The SMILES string of the molecule is C=C(C[C@H](O)C(=O)c1ccccc1)c1ccccc1C. The van der Waals surface area contributed by atoms with Gasteiger partial charge in [0, 0.05) is 12.0 Å². The second-order valence-electron chi connectivity index (χ2n) is 4.87. The lowest BCUT2D eigenvalue weighted by atomic mass is 9.94. The Kier molecular flexibility index (Phi) is 4.49. The average molecular weight is 266 g/mol. The fourth-order valence-corrected chi connectivity index (χ4v) is 2.20. The predicted molar refractivity (Wildman–Crippen MR) is 81.6 cm³/mol. The maximum Gasteiger partial charge on any atom is 0.191 e. The number of carbonyl (C=O) groups is 1. The van der Waals surface area contributed by atoms with Crippen molar-refractivity contribution in [3.05, 3.63) is 77.9 Å². The molecule has 2 nitrogen and oxygen atoms in total. The van der Waals surface area contributed by atoms with Crippen LogP contribution in [0.1, 0.15) is 27.9 Å². The van der Waals surface area contributed by atoms with Gasteiger partial charge in [-0.05, 0) is 23.6 Å². The molecule has 0 aromatic heterocycles. The smallest absolute Gasteiger partial charge is 0.191 e. The zero-order chi connectivity index (χ0) is 14.5. The molecule has 0 bridgehead atoms. The number of aliphatic hydroxyl groups excluding tert-OH is 1. The largest absolute Gasteiger partial charge is 0.385 e. The summed E-state index contributed by atoms with van der Waals surface area (Å²) in [6, 6.07) is 16.7. The number of hydrogen-bond acceptors (Lipinski definition) is 2. The molecule has 0 fully saturated rings. The minimum absolute atomic E-state index is 0.249. The van der Waals surface area contributed by atoms with Crippen LogP contribution in [0.5, 0.6) is 0 Å². The van der Waals surface area contributed by atoms with Crippen LogP contribution in [0.2, 0.25) is 0 Å². The number of aliphatic hydroxyl groups is 1. The number of benzene rings is 2. The summed E-state index contributed by atoms with van der Waals surface area (Å²) in [5.74, 6) is -0.264. The summed E-state index contributed by atoms with van der Waals surface area (Å²) >= 11 is 0. The fourth-order valence-electron chi connectivity index (χ4n) is 2.20. The molecule has 0 aliphatic heterocycles. The van der Waals surface area contributed by atoms with Crippen LogP contribution in [0.4, 0.5) is 0 Å². The molecule has 20 heavy (non-hydrogen) atoms. The van der Waals surface area contributed by atoms with Crippen LogP contribution >= 0.6 is 0 Å². The zero-order valence-corrected chi connectivity index (χ0v) is 11.5. The third kappa shape index (κ3) is 3.22. The number of aryl methyl sites for hydroxylation is 1. The lowest BCUT2D eigenvalue weighted by Crippen LogP contribution is -2.20. The van der Waals surface area contributed by atoms with Gasteiger partial charge in [-0.15, -0.1) is 0 Å². The molecule has 2 heteroatoms. The monoisotopic (exact) mass is 266 g/mol. The summed E-state index contributed by atoms with van der Waals surface area (Å²) in [6.07, 6.45) is -0.803. The molecular weight excluding hydrogens is 248 g/mol. The molecule has 2 aromatic rings. The van der Waals surface area contributed by atoms with Gasteiger partial charge in [0.2, 0.25) is 0 Å². The van der Waals surface area contributed by atoms with E-state index in [1.807, 2.05) is 37.3 Å². The van der Waals surface area contributed by atoms with Crippen molar-refractivity contribution < 1.29 is 9.90 Å². The van der Waals surface area contributed by atoms with Crippen molar-refractivity contribution >= 4 is 11.4 Å². The van der Waals surface area contributed by atoms with Crippen molar-refractivity contribution in [2.45, 2.75) is 19.4 Å². The van der Waals surface area contributed by atoms with Gasteiger partial charge in [0.05, 0.1) is 0 Å². The van der Waals surface area contributed by atoms with E-state index in [2.05, 4.69) is 6.58 Å². The number of Topliss-reactive ketones (excluding diaryl/α,β-unsaturated/α-hetero) is 1. The summed E-state index contributed by atoms with van der Waals surface area (Å²) in [4.78, 5) is 12.1. The Morgan fingerprint density at radius 1 is 1.10 bits per heavy atom. The molecule has 2 rings (SSSR count). The van der Waals surface area contributed by atoms with Crippen LogP contribution < -0.4 is 0 Å². The molecular formula is C18H18O2. The van der Waals surface area contributed by atoms with Crippen molar-refractivity contribution in [1.82, 2.24) is 0 Å². The number of rotatable bonds is 5. The van der Waals surface area contributed by atoms with Crippen molar-refractivity contribution in [3.63, 3.8) is 0 Å². The van der Waals surface area contributed by atoms with Crippen LogP contribution in [0.3, 0.4) is 0 Å². The first kappa shape index (κ1) is 14.2. The van der Waals surface area contributed by atoms with Crippen LogP contribution in [0.25, 0.3) is 5.57 Å². The van der Waals surface area contributed by atoms with Crippen LogP contribution in [0.15, 0.2) is 61.2 Å². The lowest BCUT2D eigenvalue weighted by molar-refractivity contribution is 0.0757. The number of hydrogen-bond donors (Lipinski definition) is 1. The first-order valence-electron chi connectivity index (χ1n) is 6.60. The van der Waals surface area contributed by atoms with Gasteiger partial charge in [-0.25, -0.2) is 0 Å². The highest BCUT2D eigenvalue weighted by Crippen LogP contribution is 2.22. The molecule has 1 atom stereocenters. The molecule has 0 saturated heterocycles. The summed E-state index contributed by atoms with van der Waals surface area (Å²) < 4.78 is 0. The van der Waals surface area contributed by atoms with Gasteiger partial charge >= 0.3 is 0 Å². The van der Waals surface area contributed by atoms with E-state index in [0.29, 0.717) is 5.56 Å². The van der Waals surface area contributed by atoms with Gasteiger partial charge < -0.3 is 5.11 Å². The van der Waals surface area contributed by atoms with E-state index in [1.165, 1.54) is 0 Å². The Bertz CT molecular complexity index is 614. The van der Waals surface area contributed by atoms with Gasteiger partial charge in [0.15, 0.2) is 5.78 Å². The molecule has 0 saturated carbocycles. The van der Waals surface area contributed by atoms with Gasteiger partial charge in [0.1, 0.15) is 6.10 Å². The molecule has 2 aromatic carbocycles. The molecule has 0 radical (unpaired) electrons. The van der Waals surface area contributed by atoms with Crippen molar-refractivity contribution in [1.29, 1.82) is 0 Å². The highest BCUT2D eigenvalue weighted by molar-refractivity contribution is 6.00. The standard InChI is InChI=1S/C18H18O2/c1-13-8-6-7-11-16(13)14(2)12-17(19)18(20)15-9-4-3-5-10-15/h3-11,17,19H,2,12H2,1H3/t17-/m0/s1. The number of carbonyl (C=O) groups excluding carboxylic acids is 1. The Hall–Kier alpha value is -2.19. The minimum atomic E-state index is -1.05. The van der Waals surface area contributed by atoms with Gasteiger partial charge in [-0.2, -0.15) is 0 Å². The van der Waals surface area contributed by atoms with E-state index in [4.69, 9.17) is 0 Å². The van der Waals surface area contributed by atoms with E-state index in [0.717, 1.165) is 16.7 Å². The summed E-state index contributed by atoms with van der Waals surface area (Å²) in [7, 11) is 0. The van der Waals surface area contributed by atoms with Gasteiger partial charge in [-0.1, -0.05) is 61.2 Å². The molecule has 1 N–H and O–H groups in total. The van der Waals surface area contributed by atoms with E-state index in [9.17, 15) is 9.90 Å². The molecule has 0 aliphatic rings. The summed E-state index contributed by atoms with van der Waals surface area (Å²) in [5, 5.41) is 10.1. The third-order valence-electron chi connectivity index (χ3n) is 3.33. The predicted octanol–water partition coefficient (Wildman–Crippen LogP) is 3.64. The number of ketones is 1. The van der Waals surface area contributed by atoms with E-state index in [1.54, 1.807) is 24.3 Å². The second-order valence-corrected chi connectivity index (χ2v) is 4.87. The van der Waals surface area contributed by atoms with Crippen molar-refractivity contribution in [3.8, 4) is 0 Å². The Balaban J connectivity index is 2.09. The maximum atomic E-state index is 12.1. The van der Waals surface area contributed by atoms with Crippen LogP contribution in [0, 0.1) is 6.92 Å². The van der Waals surface area contributed by atoms with Gasteiger partial charge in [0.25, 0.3) is 0 Å². The molecule has 0 heterocycles. The van der Waals surface area contributed by atoms with E-state index < -0.39 is 6.10 Å². The average Bonchev–Trinajstić information content (AvgIpc) is 2.47. The van der Waals surface area contributed by atoms with Crippen molar-refractivity contribution in [2.75, 3.05) is 0 Å².